The molecule has 0 spiro atoms. The second kappa shape index (κ2) is 6.70. The molecular weight excluding hydrogens is 344 g/mol. The fourth-order valence-corrected chi connectivity index (χ4v) is 3.41. The zero-order valence-electron chi connectivity index (χ0n) is 18.0. The van der Waals surface area contributed by atoms with Gasteiger partial charge in [0.2, 0.25) is 11.8 Å². The number of hydrogen-bond acceptors (Lipinski definition) is 6. The van der Waals surface area contributed by atoms with Crippen LogP contribution in [0.25, 0.3) is 0 Å². The highest BCUT2D eigenvalue weighted by Crippen LogP contribution is 2.37. The Balaban J connectivity index is 2.12. The summed E-state index contributed by atoms with van der Waals surface area (Å²) in [5, 5.41) is 9.67. The van der Waals surface area contributed by atoms with Gasteiger partial charge in [-0.3, -0.25) is 0 Å². The van der Waals surface area contributed by atoms with Gasteiger partial charge >= 0.3 is 0 Å². The summed E-state index contributed by atoms with van der Waals surface area (Å²) < 4.78 is 10.6. The molecule has 0 N–H and O–H groups in total. The molecule has 5 nitrogen and oxygen atoms in total. The van der Waals surface area contributed by atoms with Crippen molar-refractivity contribution in [1.29, 1.82) is 0 Å². The van der Waals surface area contributed by atoms with Crippen molar-refractivity contribution in [3.05, 3.63) is 22.6 Å². The van der Waals surface area contributed by atoms with E-state index < -0.39 is 0 Å². The van der Waals surface area contributed by atoms with Gasteiger partial charge in [-0.1, -0.05) is 69.2 Å². The maximum Gasteiger partial charge on any atom is 0.222 e. The van der Waals surface area contributed by atoms with E-state index in [-0.39, 0.29) is 21.7 Å². The lowest BCUT2D eigenvalue weighted by Crippen LogP contribution is -2.25. The minimum Gasteiger partial charge on any atom is -0.424 e. The van der Waals surface area contributed by atoms with E-state index in [9.17, 15) is 0 Å². The van der Waals surface area contributed by atoms with E-state index in [4.69, 9.17) is 9.40 Å². The van der Waals surface area contributed by atoms with Crippen LogP contribution < -0.4 is 0 Å². The van der Waals surface area contributed by atoms with E-state index in [1.807, 2.05) is 0 Å². The normalized spacial score (nSPS) is 14.1. The Labute approximate surface area is 162 Å². The quantitative estimate of drug-likeness (QED) is 0.682. The van der Waals surface area contributed by atoms with Crippen molar-refractivity contribution in [3.8, 4) is 0 Å². The van der Waals surface area contributed by atoms with Crippen LogP contribution in [-0.4, -0.2) is 19.6 Å². The Morgan fingerprint density at radius 1 is 0.731 bits per heavy atom. The molecule has 0 saturated carbocycles. The third kappa shape index (κ3) is 4.70. The highest BCUT2D eigenvalue weighted by Gasteiger charge is 2.34. The summed E-state index contributed by atoms with van der Waals surface area (Å²) in [7, 11) is 0. The third-order valence-corrected chi connectivity index (χ3v) is 5.78. The molecule has 0 unspecified atom stereocenters. The lowest BCUT2D eigenvalue weighted by Gasteiger charge is -2.27. The van der Waals surface area contributed by atoms with Crippen molar-refractivity contribution >= 4 is 11.5 Å². The molecule has 0 radical (unpaired) electrons. The molecule has 2 aromatic heterocycles. The molecule has 0 saturated heterocycles. The molecule has 0 amide bonds. The van der Waals surface area contributed by atoms with Crippen molar-refractivity contribution < 1.29 is 4.42 Å². The van der Waals surface area contributed by atoms with Crippen LogP contribution in [0.3, 0.4) is 0 Å². The molecule has 6 heteroatoms. The van der Waals surface area contributed by atoms with Crippen molar-refractivity contribution in [1.82, 2.24) is 19.6 Å². The van der Waals surface area contributed by atoms with E-state index in [1.165, 1.54) is 11.5 Å². The van der Waals surface area contributed by atoms with Gasteiger partial charge in [-0.2, -0.15) is 4.37 Å². The summed E-state index contributed by atoms with van der Waals surface area (Å²) in [4.78, 5) is 4.82. The number of nitrogens with zero attached hydrogens (tertiary/aromatic N) is 4. The van der Waals surface area contributed by atoms with Gasteiger partial charge in [0.15, 0.2) is 0 Å². The van der Waals surface area contributed by atoms with Crippen LogP contribution in [0.15, 0.2) is 4.42 Å². The van der Waals surface area contributed by atoms with E-state index in [1.54, 1.807) is 0 Å². The standard InChI is InChI=1S/C20H34N4OS/c1-17(2,3)13-21-16(26-24-13)20(9,10)12-11-19(7,8)15-23-22-14(25-15)18(4,5)6/h11-12H2,1-10H3. The van der Waals surface area contributed by atoms with Gasteiger partial charge in [-0.05, 0) is 24.4 Å². The van der Waals surface area contributed by atoms with Crippen LogP contribution in [0.5, 0.6) is 0 Å². The van der Waals surface area contributed by atoms with Gasteiger partial charge in [0.05, 0.1) is 0 Å². The Hall–Kier alpha value is -1.30. The highest BCUT2D eigenvalue weighted by molar-refractivity contribution is 7.05. The van der Waals surface area contributed by atoms with E-state index in [0.29, 0.717) is 11.8 Å². The Morgan fingerprint density at radius 3 is 1.73 bits per heavy atom. The first kappa shape index (κ1) is 21.0. The van der Waals surface area contributed by atoms with Crippen LogP contribution in [0.2, 0.25) is 0 Å². The average Bonchev–Trinajstić information content (AvgIpc) is 3.13. The minimum absolute atomic E-state index is 0.0167. The van der Waals surface area contributed by atoms with Crippen molar-refractivity contribution in [3.63, 3.8) is 0 Å². The van der Waals surface area contributed by atoms with Crippen LogP contribution in [-0.2, 0) is 21.7 Å². The molecule has 0 aromatic carbocycles. The predicted molar refractivity (Wildman–Crippen MR) is 107 cm³/mol. The summed E-state index contributed by atoms with van der Waals surface area (Å²) in [6.45, 7) is 21.5. The molecule has 0 aliphatic carbocycles. The smallest absolute Gasteiger partial charge is 0.222 e. The van der Waals surface area contributed by atoms with Crippen LogP contribution in [0, 0.1) is 0 Å². The fourth-order valence-electron chi connectivity index (χ4n) is 2.44. The molecule has 0 atom stereocenters. The van der Waals surface area contributed by atoms with Gasteiger partial charge in [-0.25, -0.2) is 4.98 Å². The summed E-state index contributed by atoms with van der Waals surface area (Å²) in [6, 6.07) is 0. The van der Waals surface area contributed by atoms with E-state index in [2.05, 4.69) is 83.8 Å². The SMILES string of the molecule is CC(C)(C)c1nsc(C(C)(C)CCC(C)(C)c2nnc(C(C)(C)C)o2)n1. The molecule has 0 bridgehead atoms. The summed E-state index contributed by atoms with van der Waals surface area (Å²) >= 11 is 1.52. The predicted octanol–water partition coefficient (Wildman–Crippen LogP) is 5.55. The first-order chi connectivity index (χ1) is 11.6. The number of aromatic nitrogens is 4. The highest BCUT2D eigenvalue weighted by atomic mass is 32.1. The number of rotatable bonds is 5. The molecule has 146 valence electrons. The topological polar surface area (TPSA) is 64.7 Å². The van der Waals surface area contributed by atoms with Gasteiger partial charge in [-0.15, -0.1) is 10.2 Å². The fraction of sp³-hybridized carbons (Fsp3) is 0.800. The maximum atomic E-state index is 5.99. The third-order valence-electron chi connectivity index (χ3n) is 4.70. The Morgan fingerprint density at radius 2 is 1.27 bits per heavy atom. The van der Waals surface area contributed by atoms with Crippen molar-refractivity contribution in [2.75, 3.05) is 0 Å². The van der Waals surface area contributed by atoms with E-state index >= 15 is 0 Å². The van der Waals surface area contributed by atoms with Crippen LogP contribution >= 0.6 is 11.5 Å². The zero-order valence-corrected chi connectivity index (χ0v) is 18.8. The molecule has 2 aromatic rings. The molecule has 26 heavy (non-hydrogen) atoms. The minimum atomic E-state index is -0.175. The summed E-state index contributed by atoms with van der Waals surface area (Å²) in [5.74, 6) is 2.33. The largest absolute Gasteiger partial charge is 0.424 e. The van der Waals surface area contributed by atoms with Crippen molar-refractivity contribution in [2.24, 2.45) is 0 Å². The average molecular weight is 379 g/mol. The first-order valence-electron chi connectivity index (χ1n) is 9.32. The number of hydrogen-bond donors (Lipinski definition) is 0. The summed E-state index contributed by atoms with van der Waals surface area (Å²) in [5.41, 5.74) is -0.357. The van der Waals surface area contributed by atoms with Gasteiger partial charge in [0.25, 0.3) is 0 Å². The first-order valence-corrected chi connectivity index (χ1v) is 10.1. The van der Waals surface area contributed by atoms with Gasteiger partial charge < -0.3 is 4.42 Å². The van der Waals surface area contributed by atoms with E-state index in [0.717, 1.165) is 23.7 Å². The molecule has 0 fully saturated rings. The molecular formula is C20H34N4OS. The Bertz CT molecular complexity index is 680. The second-order valence-electron chi connectivity index (χ2n) is 10.6. The molecule has 2 rings (SSSR count). The molecule has 0 aliphatic rings. The van der Waals surface area contributed by atoms with Crippen LogP contribution in [0.4, 0.5) is 0 Å². The maximum absolute atomic E-state index is 5.99. The molecule has 2 heterocycles. The lowest BCUT2D eigenvalue weighted by atomic mass is 9.79. The summed E-state index contributed by atoms with van der Waals surface area (Å²) in [6.07, 6.45) is 1.92. The van der Waals surface area contributed by atoms with Crippen molar-refractivity contribution in [2.45, 2.75) is 104 Å². The monoisotopic (exact) mass is 378 g/mol. The Kier molecular flexibility index (Phi) is 5.41. The van der Waals surface area contributed by atoms with Crippen LogP contribution in [0.1, 0.15) is 105 Å². The lowest BCUT2D eigenvalue weighted by molar-refractivity contribution is 0.287. The zero-order chi connectivity index (χ0) is 20.0. The second-order valence-corrected chi connectivity index (χ2v) is 11.4. The van der Waals surface area contributed by atoms with Gasteiger partial charge in [0, 0.05) is 21.7 Å². The molecule has 0 aliphatic heterocycles. The van der Waals surface area contributed by atoms with Gasteiger partial charge in [0.1, 0.15) is 10.8 Å².